The van der Waals surface area contributed by atoms with Gasteiger partial charge in [0.25, 0.3) is 5.91 Å². The number of carbonyl (C=O) groups excluding carboxylic acids is 1. The molecule has 0 aliphatic carbocycles. The van der Waals surface area contributed by atoms with E-state index in [9.17, 15) is 4.79 Å². The monoisotopic (exact) mass is 345 g/mol. The van der Waals surface area contributed by atoms with Crippen LogP contribution in [0.4, 0.5) is 0 Å². The summed E-state index contributed by atoms with van der Waals surface area (Å²) in [7, 11) is 1.84. The molecule has 0 saturated carbocycles. The number of rotatable bonds is 2. The van der Waals surface area contributed by atoms with Crippen molar-refractivity contribution in [2.24, 2.45) is 12.2 Å². The van der Waals surface area contributed by atoms with Crippen molar-refractivity contribution in [1.29, 1.82) is 0 Å². The van der Waals surface area contributed by atoms with E-state index in [4.69, 9.17) is 16.4 Å². The number of hydrogen-bond donors (Lipinski definition) is 0. The Labute approximate surface area is 143 Å². The van der Waals surface area contributed by atoms with Crippen molar-refractivity contribution >= 4 is 23.2 Å². The van der Waals surface area contributed by atoms with Crippen LogP contribution in [0, 0.1) is 0 Å². The molecule has 1 atom stereocenters. The van der Waals surface area contributed by atoms with Gasteiger partial charge in [-0.25, -0.2) is 0 Å². The van der Waals surface area contributed by atoms with Gasteiger partial charge in [0.05, 0.1) is 16.9 Å². The molecule has 0 saturated heterocycles. The number of oxime groups is 1. The number of nitrogens with zero attached hydrogens (tertiary/aromatic N) is 5. The van der Waals surface area contributed by atoms with Crippen LogP contribution in [0.3, 0.4) is 0 Å². The average molecular weight is 346 g/mol. The zero-order valence-electron chi connectivity index (χ0n) is 13.1. The molecule has 4 heterocycles. The van der Waals surface area contributed by atoms with Crippen LogP contribution in [-0.4, -0.2) is 43.9 Å². The van der Waals surface area contributed by atoms with Gasteiger partial charge in [-0.05, 0) is 11.6 Å². The summed E-state index contributed by atoms with van der Waals surface area (Å²) in [5.74, 6) is -0.0525. The van der Waals surface area contributed by atoms with Crippen molar-refractivity contribution in [2.75, 3.05) is 6.54 Å². The van der Waals surface area contributed by atoms with Crippen molar-refractivity contribution < 1.29 is 9.63 Å². The Bertz CT molecular complexity index is 832. The zero-order valence-corrected chi connectivity index (χ0v) is 13.9. The van der Waals surface area contributed by atoms with Gasteiger partial charge in [-0.3, -0.25) is 14.5 Å². The van der Waals surface area contributed by atoms with Crippen LogP contribution in [-0.2, 0) is 29.6 Å². The Morgan fingerprint density at radius 3 is 3.08 bits per heavy atom. The summed E-state index contributed by atoms with van der Waals surface area (Å²) in [6.07, 6.45) is 5.84. The molecule has 0 bridgehead atoms. The van der Waals surface area contributed by atoms with E-state index in [1.165, 1.54) is 0 Å². The molecule has 0 fully saturated rings. The van der Waals surface area contributed by atoms with Crippen LogP contribution in [0.15, 0.2) is 29.8 Å². The van der Waals surface area contributed by atoms with Gasteiger partial charge in [0.2, 0.25) is 6.10 Å². The van der Waals surface area contributed by atoms with Gasteiger partial charge in [0.1, 0.15) is 0 Å². The molecule has 2 aromatic heterocycles. The van der Waals surface area contributed by atoms with Gasteiger partial charge < -0.3 is 9.74 Å². The molecular formula is C16H16ClN5O2. The predicted molar refractivity (Wildman–Crippen MR) is 87.6 cm³/mol. The lowest BCUT2D eigenvalue weighted by atomic mass is 10.0. The van der Waals surface area contributed by atoms with Gasteiger partial charge in [0, 0.05) is 56.6 Å². The summed E-state index contributed by atoms with van der Waals surface area (Å²) in [5, 5.41) is 8.76. The maximum Gasteiger partial charge on any atom is 0.267 e. The maximum absolute atomic E-state index is 12.7. The molecule has 2 aliphatic heterocycles. The molecule has 2 aliphatic rings. The summed E-state index contributed by atoms with van der Waals surface area (Å²) in [4.78, 5) is 24.2. The number of halogens is 1. The van der Waals surface area contributed by atoms with Crippen molar-refractivity contribution in [3.05, 3.63) is 46.5 Å². The molecule has 124 valence electrons. The van der Waals surface area contributed by atoms with E-state index in [1.54, 1.807) is 22.0 Å². The molecule has 8 heteroatoms. The molecule has 0 N–H and O–H groups in total. The Balaban J connectivity index is 1.44. The van der Waals surface area contributed by atoms with Crippen LogP contribution < -0.4 is 0 Å². The van der Waals surface area contributed by atoms with Crippen molar-refractivity contribution in [1.82, 2.24) is 19.7 Å². The van der Waals surface area contributed by atoms with Crippen molar-refractivity contribution in [3.63, 3.8) is 0 Å². The second kappa shape index (κ2) is 5.90. The number of amides is 1. The first-order valence-electron chi connectivity index (χ1n) is 7.74. The second-order valence-electron chi connectivity index (χ2n) is 6.01. The molecule has 0 spiro atoms. The Kier molecular flexibility index (Phi) is 3.72. The van der Waals surface area contributed by atoms with Crippen LogP contribution in [0.25, 0.3) is 0 Å². The number of pyridine rings is 1. The summed E-state index contributed by atoms with van der Waals surface area (Å²) < 4.78 is 1.70. The lowest BCUT2D eigenvalue weighted by molar-refractivity contribution is -0.143. The number of hydrogen-bond acceptors (Lipinski definition) is 5. The summed E-state index contributed by atoms with van der Waals surface area (Å²) in [6.45, 7) is 1.13. The van der Waals surface area contributed by atoms with E-state index in [-0.39, 0.29) is 5.91 Å². The minimum atomic E-state index is -0.575. The van der Waals surface area contributed by atoms with E-state index in [2.05, 4.69) is 15.2 Å². The normalized spacial score (nSPS) is 19.7. The first-order valence-corrected chi connectivity index (χ1v) is 8.12. The fourth-order valence-electron chi connectivity index (χ4n) is 3.04. The molecule has 2 aromatic rings. The average Bonchev–Trinajstić information content (AvgIpc) is 3.22. The maximum atomic E-state index is 12.7. The minimum Gasteiger partial charge on any atom is -0.382 e. The Morgan fingerprint density at radius 1 is 1.42 bits per heavy atom. The molecule has 4 rings (SSSR count). The van der Waals surface area contributed by atoms with Gasteiger partial charge in [-0.1, -0.05) is 16.8 Å². The van der Waals surface area contributed by atoms with E-state index in [0.29, 0.717) is 24.5 Å². The lowest BCUT2D eigenvalue weighted by Gasteiger charge is -2.29. The Morgan fingerprint density at radius 2 is 2.29 bits per heavy atom. The van der Waals surface area contributed by atoms with Crippen LogP contribution in [0.5, 0.6) is 0 Å². The molecule has 1 unspecified atom stereocenters. The highest BCUT2D eigenvalue weighted by Crippen LogP contribution is 2.24. The number of aromatic nitrogens is 3. The van der Waals surface area contributed by atoms with Crippen LogP contribution in [0.1, 0.15) is 23.2 Å². The van der Waals surface area contributed by atoms with Crippen molar-refractivity contribution in [2.45, 2.75) is 25.5 Å². The summed E-state index contributed by atoms with van der Waals surface area (Å²) in [5.41, 5.74) is 3.63. The van der Waals surface area contributed by atoms with E-state index in [1.807, 2.05) is 19.3 Å². The number of aryl methyl sites for hydroxylation is 1. The van der Waals surface area contributed by atoms with Crippen molar-refractivity contribution in [3.8, 4) is 0 Å². The second-order valence-corrected chi connectivity index (χ2v) is 6.44. The summed E-state index contributed by atoms with van der Waals surface area (Å²) in [6, 6.07) is 1.87. The van der Waals surface area contributed by atoms with Gasteiger partial charge in [-0.2, -0.15) is 5.10 Å². The molecular weight excluding hydrogens is 330 g/mol. The third-order valence-electron chi connectivity index (χ3n) is 4.30. The number of fused-ring (bicyclic) bond motifs is 1. The predicted octanol–water partition coefficient (Wildman–Crippen LogP) is 1.55. The molecule has 0 aromatic carbocycles. The fraction of sp³-hybridized carbons (Fsp3) is 0.375. The highest BCUT2D eigenvalue weighted by Gasteiger charge is 2.34. The molecule has 7 nitrogen and oxygen atoms in total. The molecule has 24 heavy (non-hydrogen) atoms. The third kappa shape index (κ3) is 2.75. The van der Waals surface area contributed by atoms with Crippen LogP contribution in [0.2, 0.25) is 5.02 Å². The first-order chi connectivity index (χ1) is 11.6. The largest absolute Gasteiger partial charge is 0.382 e. The smallest absolute Gasteiger partial charge is 0.267 e. The molecule has 0 radical (unpaired) electrons. The van der Waals surface area contributed by atoms with Crippen LogP contribution >= 0.6 is 11.6 Å². The van der Waals surface area contributed by atoms with E-state index >= 15 is 0 Å². The minimum absolute atomic E-state index is 0.0525. The zero-order chi connectivity index (χ0) is 16.7. The van der Waals surface area contributed by atoms with Gasteiger partial charge >= 0.3 is 0 Å². The fourth-order valence-corrected chi connectivity index (χ4v) is 3.22. The topological polar surface area (TPSA) is 72.6 Å². The standard InChI is InChI=1S/C16H16ClN5O2/c1-21-8-11(6-19-21)14-5-15(24-20-14)16(23)22-3-2-13-10(9-22)4-12(17)7-18-13/h4,6-8,15H,2-3,5,9H2,1H3. The highest BCUT2D eigenvalue weighted by molar-refractivity contribution is 6.30. The SMILES string of the molecule is Cn1cc(C2=NOC(C(=O)N3CCc4ncc(Cl)cc4C3)C2)cn1. The number of carbonyl (C=O) groups is 1. The quantitative estimate of drug-likeness (QED) is 0.827. The van der Waals surface area contributed by atoms with Gasteiger partial charge in [0.15, 0.2) is 0 Å². The van der Waals surface area contributed by atoms with Gasteiger partial charge in [-0.15, -0.1) is 0 Å². The first kappa shape index (κ1) is 15.1. The lowest BCUT2D eigenvalue weighted by Crippen LogP contribution is -2.42. The third-order valence-corrected chi connectivity index (χ3v) is 4.51. The highest BCUT2D eigenvalue weighted by atomic mass is 35.5. The Hall–Kier alpha value is -2.41. The van der Waals surface area contributed by atoms with E-state index in [0.717, 1.165) is 29.0 Å². The van der Waals surface area contributed by atoms with E-state index < -0.39 is 6.10 Å². The molecule has 1 amide bonds. The summed E-state index contributed by atoms with van der Waals surface area (Å²) >= 11 is 6.00.